The molecule has 10 nitrogen and oxygen atoms in total. The molecule has 10 heteroatoms. The number of carbonyl (C=O) groups is 1. The summed E-state index contributed by atoms with van der Waals surface area (Å²) in [5.41, 5.74) is 7.50. The number of nitrogen functional groups attached to an aromatic ring is 1. The van der Waals surface area contributed by atoms with Gasteiger partial charge >= 0.3 is 6.01 Å². The molecule has 0 aliphatic carbocycles. The number of aromatic nitrogens is 5. The molecule has 4 rings (SSSR count). The minimum Gasteiger partial charge on any atom is -0.423 e. The summed E-state index contributed by atoms with van der Waals surface area (Å²) in [6, 6.07) is 6.76. The van der Waals surface area contributed by atoms with Crippen LogP contribution in [0.4, 0.5) is 11.8 Å². The molecule has 0 atom stereocenters. The summed E-state index contributed by atoms with van der Waals surface area (Å²) < 4.78 is 5.43. The van der Waals surface area contributed by atoms with Crippen LogP contribution >= 0.6 is 0 Å². The predicted octanol–water partition coefficient (Wildman–Crippen LogP) is 1.20. The van der Waals surface area contributed by atoms with Crippen LogP contribution in [-0.2, 0) is 0 Å². The molecule has 4 N–H and O–H groups in total. The zero-order chi connectivity index (χ0) is 16.7. The molecule has 0 saturated carbocycles. The fourth-order valence-corrected chi connectivity index (χ4v) is 2.25. The van der Waals surface area contributed by atoms with Gasteiger partial charge in [-0.15, -0.1) is 0 Å². The summed E-state index contributed by atoms with van der Waals surface area (Å²) >= 11 is 0. The molecular formula is C14H8N8O2. The van der Waals surface area contributed by atoms with Gasteiger partial charge in [0.05, 0.1) is 17.0 Å². The Morgan fingerprint density at radius 2 is 2.25 bits per heavy atom. The highest BCUT2D eigenvalue weighted by Gasteiger charge is 2.19. The number of hydrogen-bond donors (Lipinski definition) is 3. The Morgan fingerprint density at radius 3 is 3.08 bits per heavy atom. The van der Waals surface area contributed by atoms with Gasteiger partial charge in [-0.2, -0.15) is 15.3 Å². The van der Waals surface area contributed by atoms with Crippen molar-refractivity contribution in [1.29, 1.82) is 5.26 Å². The fraction of sp³-hybridized carbons (Fsp3) is 0. The Kier molecular flexibility index (Phi) is 2.86. The van der Waals surface area contributed by atoms with Crippen molar-refractivity contribution in [3.8, 4) is 6.07 Å². The van der Waals surface area contributed by atoms with E-state index in [1.165, 1.54) is 6.33 Å². The number of nitrogens with two attached hydrogens (primary N) is 1. The minimum atomic E-state index is -0.550. The van der Waals surface area contributed by atoms with E-state index in [0.29, 0.717) is 22.0 Å². The second-order valence-corrected chi connectivity index (χ2v) is 4.82. The molecule has 0 fully saturated rings. The number of benzene rings is 1. The van der Waals surface area contributed by atoms with Crippen molar-refractivity contribution in [2.75, 3.05) is 11.1 Å². The third-order valence-corrected chi connectivity index (χ3v) is 3.34. The molecule has 1 amide bonds. The zero-order valence-corrected chi connectivity index (χ0v) is 11.9. The van der Waals surface area contributed by atoms with Gasteiger partial charge in [0.15, 0.2) is 11.2 Å². The van der Waals surface area contributed by atoms with Gasteiger partial charge in [-0.25, -0.2) is 9.97 Å². The number of amides is 1. The number of nitriles is 1. The highest BCUT2D eigenvalue weighted by atomic mass is 16.4. The van der Waals surface area contributed by atoms with Crippen LogP contribution in [-0.4, -0.2) is 31.1 Å². The Morgan fingerprint density at radius 1 is 1.38 bits per heavy atom. The number of nitrogens with one attached hydrogen (secondary N) is 2. The quantitative estimate of drug-likeness (QED) is 0.496. The van der Waals surface area contributed by atoms with E-state index in [1.54, 1.807) is 18.2 Å². The molecule has 24 heavy (non-hydrogen) atoms. The highest BCUT2D eigenvalue weighted by Crippen LogP contribution is 2.22. The first-order valence-corrected chi connectivity index (χ1v) is 6.72. The second kappa shape index (κ2) is 5.03. The molecule has 0 aliphatic rings. The van der Waals surface area contributed by atoms with Gasteiger partial charge in [0.1, 0.15) is 23.4 Å². The first-order chi connectivity index (χ1) is 11.7. The Hall–Kier alpha value is -4.00. The monoisotopic (exact) mass is 320 g/mol. The Balaban J connectivity index is 1.69. The standard InChI is InChI=1S/C14H8N8O2/c15-4-6-1-2-8-7(3-6)19-14(24-8)20-13(23)10-9-11(16)17-5-18-12(9)22-21-10/h1-3,5H,(H,19,20,23)(H3,16,17,18,21,22). The maximum atomic E-state index is 12.4. The van der Waals surface area contributed by atoms with Crippen LogP contribution in [0.5, 0.6) is 0 Å². The average Bonchev–Trinajstić information content (AvgIpc) is 3.18. The van der Waals surface area contributed by atoms with Gasteiger partial charge in [-0.05, 0) is 18.2 Å². The van der Waals surface area contributed by atoms with E-state index >= 15 is 0 Å². The lowest BCUT2D eigenvalue weighted by Gasteiger charge is -1.99. The van der Waals surface area contributed by atoms with Crippen LogP contribution in [0.15, 0.2) is 28.9 Å². The van der Waals surface area contributed by atoms with Crippen LogP contribution < -0.4 is 11.1 Å². The average molecular weight is 320 g/mol. The van der Waals surface area contributed by atoms with Gasteiger partial charge in [0.2, 0.25) is 0 Å². The molecule has 0 radical (unpaired) electrons. The first-order valence-electron chi connectivity index (χ1n) is 6.72. The number of fused-ring (bicyclic) bond motifs is 2. The molecule has 3 heterocycles. The summed E-state index contributed by atoms with van der Waals surface area (Å²) in [6.45, 7) is 0. The molecule has 0 saturated heterocycles. The normalized spacial score (nSPS) is 10.8. The van der Waals surface area contributed by atoms with Crippen LogP contribution in [0, 0.1) is 11.3 Å². The number of carbonyl (C=O) groups excluding carboxylic acids is 1. The minimum absolute atomic E-state index is 0.0109. The van der Waals surface area contributed by atoms with Crippen molar-refractivity contribution in [3.05, 3.63) is 35.8 Å². The molecule has 3 aromatic heterocycles. The SMILES string of the molecule is N#Cc1ccc2oc(NC(=O)c3[nH]nc4ncnc(N)c34)nc2c1. The molecule has 0 aliphatic heterocycles. The van der Waals surface area contributed by atoms with Gasteiger partial charge in [-0.3, -0.25) is 15.2 Å². The molecule has 0 spiro atoms. The summed E-state index contributed by atoms with van der Waals surface area (Å²) in [7, 11) is 0. The number of nitrogens with zero attached hydrogens (tertiary/aromatic N) is 5. The predicted molar refractivity (Wildman–Crippen MR) is 82.8 cm³/mol. The lowest BCUT2D eigenvalue weighted by molar-refractivity contribution is 0.102. The topological polar surface area (TPSA) is 159 Å². The van der Waals surface area contributed by atoms with Crippen molar-refractivity contribution in [2.24, 2.45) is 0 Å². The number of rotatable bonds is 2. The van der Waals surface area contributed by atoms with Crippen molar-refractivity contribution in [2.45, 2.75) is 0 Å². The Labute approximate surface area is 133 Å². The summed E-state index contributed by atoms with van der Waals surface area (Å²) in [6.07, 6.45) is 1.26. The van der Waals surface area contributed by atoms with Gasteiger partial charge < -0.3 is 10.2 Å². The zero-order valence-electron chi connectivity index (χ0n) is 11.9. The molecule has 4 aromatic rings. The number of aromatic amines is 1. The van der Waals surface area contributed by atoms with Crippen molar-refractivity contribution in [1.82, 2.24) is 25.1 Å². The first kappa shape index (κ1) is 13.6. The summed E-state index contributed by atoms with van der Waals surface area (Å²) in [4.78, 5) is 24.3. The van der Waals surface area contributed by atoms with E-state index in [9.17, 15) is 4.79 Å². The van der Waals surface area contributed by atoms with E-state index in [0.717, 1.165) is 0 Å². The number of oxazole rings is 1. The second-order valence-electron chi connectivity index (χ2n) is 4.82. The fourth-order valence-electron chi connectivity index (χ4n) is 2.25. The third kappa shape index (κ3) is 2.08. The molecular weight excluding hydrogens is 312 g/mol. The molecule has 0 bridgehead atoms. The number of anilines is 2. The smallest absolute Gasteiger partial charge is 0.302 e. The van der Waals surface area contributed by atoms with Crippen LogP contribution in [0.2, 0.25) is 0 Å². The molecule has 1 aromatic carbocycles. The van der Waals surface area contributed by atoms with Gasteiger partial charge in [0, 0.05) is 0 Å². The maximum Gasteiger partial charge on any atom is 0.302 e. The van der Waals surface area contributed by atoms with E-state index in [4.69, 9.17) is 15.4 Å². The van der Waals surface area contributed by atoms with Crippen molar-refractivity contribution >= 4 is 39.9 Å². The van der Waals surface area contributed by atoms with Crippen molar-refractivity contribution in [3.63, 3.8) is 0 Å². The van der Waals surface area contributed by atoms with E-state index in [-0.39, 0.29) is 23.2 Å². The van der Waals surface area contributed by atoms with E-state index in [1.807, 2.05) is 6.07 Å². The summed E-state index contributed by atoms with van der Waals surface area (Å²) in [5.74, 6) is -0.416. The van der Waals surface area contributed by atoms with Crippen LogP contribution in [0.25, 0.3) is 22.1 Å². The number of H-pyrrole nitrogens is 1. The lowest BCUT2D eigenvalue weighted by atomic mass is 10.2. The van der Waals surface area contributed by atoms with Crippen LogP contribution in [0.3, 0.4) is 0 Å². The summed E-state index contributed by atoms with van der Waals surface area (Å²) in [5, 5.41) is 18.2. The maximum absolute atomic E-state index is 12.4. The Bertz CT molecular complexity index is 1140. The van der Waals surface area contributed by atoms with Crippen molar-refractivity contribution < 1.29 is 9.21 Å². The lowest BCUT2D eigenvalue weighted by Crippen LogP contribution is -2.13. The third-order valence-electron chi connectivity index (χ3n) is 3.34. The van der Waals surface area contributed by atoms with E-state index < -0.39 is 5.91 Å². The van der Waals surface area contributed by atoms with E-state index in [2.05, 4.69) is 30.5 Å². The largest absolute Gasteiger partial charge is 0.423 e. The molecule has 0 unspecified atom stereocenters. The van der Waals surface area contributed by atoms with Gasteiger partial charge in [-0.1, -0.05) is 0 Å². The number of hydrogen-bond acceptors (Lipinski definition) is 8. The molecule has 116 valence electrons. The van der Waals surface area contributed by atoms with Gasteiger partial charge in [0.25, 0.3) is 5.91 Å². The highest BCUT2D eigenvalue weighted by molar-refractivity contribution is 6.12. The van der Waals surface area contributed by atoms with Crippen LogP contribution in [0.1, 0.15) is 16.1 Å².